The number of benzene rings is 2. The Morgan fingerprint density at radius 1 is 1.06 bits per heavy atom. The summed E-state index contributed by atoms with van der Waals surface area (Å²) >= 11 is 12.3. The fraction of sp³-hybridized carbons (Fsp3) is 0.346. The Balaban J connectivity index is 1.83. The molecule has 0 fully saturated rings. The molecule has 0 atom stereocenters. The maximum atomic E-state index is 14.0. The normalized spacial score (nSPS) is 11.3. The molecule has 7 nitrogen and oxygen atoms in total. The Labute approximate surface area is 220 Å². The summed E-state index contributed by atoms with van der Waals surface area (Å²) in [6.07, 6.45) is 1.51. The number of para-hydroxylation sites is 1. The molecule has 192 valence electrons. The number of anilines is 2. The molecule has 0 saturated heterocycles. The van der Waals surface area contributed by atoms with E-state index < -0.39 is 17.8 Å². The minimum Gasteiger partial charge on any atom is -0.315 e. The van der Waals surface area contributed by atoms with Gasteiger partial charge in [0.1, 0.15) is 18.2 Å². The maximum Gasteiger partial charge on any atom is 0.322 e. The molecule has 0 aliphatic rings. The van der Waals surface area contributed by atoms with Crippen molar-refractivity contribution in [1.82, 2.24) is 14.7 Å². The number of amides is 3. The van der Waals surface area contributed by atoms with Crippen molar-refractivity contribution in [3.8, 4) is 5.69 Å². The lowest BCUT2D eigenvalue weighted by Gasteiger charge is -2.22. The summed E-state index contributed by atoms with van der Waals surface area (Å²) in [5.74, 6) is -0.546. The largest absolute Gasteiger partial charge is 0.322 e. The van der Waals surface area contributed by atoms with E-state index in [-0.39, 0.29) is 17.6 Å². The van der Waals surface area contributed by atoms with E-state index in [1.165, 1.54) is 23.1 Å². The van der Waals surface area contributed by atoms with Gasteiger partial charge in [0, 0.05) is 18.0 Å². The fourth-order valence-electron chi connectivity index (χ4n) is 3.36. The minimum atomic E-state index is -0.558. The van der Waals surface area contributed by atoms with E-state index in [0.717, 1.165) is 12.1 Å². The van der Waals surface area contributed by atoms with Crippen LogP contribution in [0.2, 0.25) is 10.0 Å². The van der Waals surface area contributed by atoms with Gasteiger partial charge in [-0.25, -0.2) is 13.9 Å². The Morgan fingerprint density at radius 3 is 2.42 bits per heavy atom. The van der Waals surface area contributed by atoms with Gasteiger partial charge in [-0.2, -0.15) is 5.10 Å². The van der Waals surface area contributed by atoms with Crippen molar-refractivity contribution in [1.29, 1.82) is 0 Å². The van der Waals surface area contributed by atoms with Crippen LogP contribution in [0.15, 0.2) is 48.5 Å². The van der Waals surface area contributed by atoms with Crippen LogP contribution in [0.4, 0.5) is 20.7 Å². The molecule has 3 aromatic rings. The number of nitrogens with one attached hydrogen (secondary N) is 2. The van der Waals surface area contributed by atoms with Crippen LogP contribution in [0.3, 0.4) is 0 Å². The topological polar surface area (TPSA) is 79.3 Å². The maximum absolute atomic E-state index is 14.0. The first kappa shape index (κ1) is 27.5. The number of nitrogens with zero attached hydrogens (tertiary/aromatic N) is 3. The second-order valence-electron chi connectivity index (χ2n) is 9.41. The number of carbonyl (C=O) groups excluding carboxylic acids is 2. The minimum absolute atomic E-state index is 0.0527. The monoisotopic (exact) mass is 533 g/mol. The fourth-order valence-corrected chi connectivity index (χ4v) is 3.66. The van der Waals surface area contributed by atoms with Crippen molar-refractivity contribution in [3.05, 3.63) is 70.1 Å². The molecule has 0 aliphatic carbocycles. The van der Waals surface area contributed by atoms with Gasteiger partial charge in [-0.3, -0.25) is 4.79 Å². The van der Waals surface area contributed by atoms with E-state index in [1.54, 1.807) is 35.0 Å². The van der Waals surface area contributed by atoms with Crippen LogP contribution >= 0.6 is 23.2 Å². The van der Waals surface area contributed by atoms with E-state index in [4.69, 9.17) is 23.2 Å². The SMILES string of the molecule is CCCCN(CC(=O)Nc1cc(C(C)(C)C)nn1-c1ccc(Cl)c(Cl)c1)C(=O)Nc1ccccc1F. The molecule has 0 aliphatic heterocycles. The molecule has 2 aromatic carbocycles. The zero-order valence-electron chi connectivity index (χ0n) is 20.7. The van der Waals surface area contributed by atoms with Gasteiger partial charge < -0.3 is 15.5 Å². The van der Waals surface area contributed by atoms with Crippen molar-refractivity contribution in [2.45, 2.75) is 46.0 Å². The van der Waals surface area contributed by atoms with Crippen molar-refractivity contribution in [3.63, 3.8) is 0 Å². The number of hydrogen-bond acceptors (Lipinski definition) is 3. The first-order chi connectivity index (χ1) is 17.0. The summed E-state index contributed by atoms with van der Waals surface area (Å²) in [4.78, 5) is 27.3. The third-order valence-corrected chi connectivity index (χ3v) is 6.15. The lowest BCUT2D eigenvalue weighted by Crippen LogP contribution is -2.41. The number of hydrogen-bond donors (Lipinski definition) is 2. The average Bonchev–Trinajstić information content (AvgIpc) is 3.24. The molecule has 36 heavy (non-hydrogen) atoms. The zero-order valence-corrected chi connectivity index (χ0v) is 22.3. The molecule has 3 amide bonds. The highest BCUT2D eigenvalue weighted by molar-refractivity contribution is 6.42. The second-order valence-corrected chi connectivity index (χ2v) is 10.2. The number of rotatable bonds is 8. The van der Waals surface area contributed by atoms with Crippen LogP contribution in [-0.4, -0.2) is 39.7 Å². The van der Waals surface area contributed by atoms with Crippen molar-refractivity contribution in [2.24, 2.45) is 0 Å². The summed E-state index contributed by atoms with van der Waals surface area (Å²) in [5, 5.41) is 10.8. The third-order valence-electron chi connectivity index (χ3n) is 5.41. The van der Waals surface area contributed by atoms with Crippen LogP contribution in [0.25, 0.3) is 5.69 Å². The van der Waals surface area contributed by atoms with Crippen molar-refractivity contribution >= 4 is 46.6 Å². The number of urea groups is 1. The van der Waals surface area contributed by atoms with Gasteiger partial charge in [0.05, 0.1) is 27.1 Å². The Bertz CT molecular complexity index is 1240. The Morgan fingerprint density at radius 2 is 1.78 bits per heavy atom. The molecule has 1 aromatic heterocycles. The Kier molecular flexibility index (Phi) is 8.98. The summed E-state index contributed by atoms with van der Waals surface area (Å²) in [6.45, 7) is 8.14. The first-order valence-corrected chi connectivity index (χ1v) is 12.4. The predicted octanol–water partition coefficient (Wildman–Crippen LogP) is 6.89. The van der Waals surface area contributed by atoms with E-state index in [0.29, 0.717) is 34.5 Å². The van der Waals surface area contributed by atoms with Gasteiger partial charge in [-0.05, 0) is 36.8 Å². The molecular formula is C26H30Cl2FN5O2. The van der Waals surface area contributed by atoms with Gasteiger partial charge in [-0.1, -0.05) is 69.5 Å². The smallest absolute Gasteiger partial charge is 0.315 e. The quantitative estimate of drug-likeness (QED) is 0.330. The molecule has 0 radical (unpaired) electrons. The highest BCUT2D eigenvalue weighted by Crippen LogP contribution is 2.29. The number of halogens is 3. The zero-order chi connectivity index (χ0) is 26.5. The lowest BCUT2D eigenvalue weighted by molar-refractivity contribution is -0.116. The third kappa shape index (κ3) is 6.98. The van der Waals surface area contributed by atoms with Gasteiger partial charge in [0.15, 0.2) is 0 Å². The van der Waals surface area contributed by atoms with Crippen molar-refractivity contribution < 1.29 is 14.0 Å². The number of carbonyl (C=O) groups is 2. The van der Waals surface area contributed by atoms with Crippen LogP contribution in [0, 0.1) is 5.82 Å². The summed E-state index contributed by atoms with van der Waals surface area (Å²) in [6, 6.07) is 12.2. The predicted molar refractivity (Wildman–Crippen MR) is 143 cm³/mol. The molecule has 0 unspecified atom stereocenters. The van der Waals surface area contributed by atoms with E-state index >= 15 is 0 Å². The molecule has 0 saturated carbocycles. The summed E-state index contributed by atoms with van der Waals surface area (Å²) < 4.78 is 15.6. The standard InChI is InChI=1S/C26H30Cl2FN5O2/c1-5-6-13-33(25(36)30-21-10-8-7-9-20(21)29)16-24(35)31-23-15-22(26(2,3)4)32-34(23)17-11-12-18(27)19(28)14-17/h7-12,14-15H,5-6,13,16H2,1-4H3,(H,30,36)(H,31,35). The number of unbranched alkanes of at least 4 members (excludes halogenated alkanes) is 1. The van der Waals surface area contributed by atoms with Gasteiger partial charge in [0.2, 0.25) is 5.91 Å². The summed E-state index contributed by atoms with van der Waals surface area (Å²) in [7, 11) is 0. The van der Waals surface area contributed by atoms with Crippen LogP contribution in [-0.2, 0) is 10.2 Å². The first-order valence-electron chi connectivity index (χ1n) is 11.7. The molecule has 3 rings (SSSR count). The highest BCUT2D eigenvalue weighted by Gasteiger charge is 2.23. The van der Waals surface area contributed by atoms with Gasteiger partial charge >= 0.3 is 6.03 Å². The molecule has 0 bridgehead atoms. The lowest BCUT2D eigenvalue weighted by atomic mass is 9.92. The average molecular weight is 534 g/mol. The molecule has 2 N–H and O–H groups in total. The molecular weight excluding hydrogens is 504 g/mol. The highest BCUT2D eigenvalue weighted by atomic mass is 35.5. The molecule has 10 heteroatoms. The van der Waals surface area contributed by atoms with Gasteiger partial charge in [-0.15, -0.1) is 0 Å². The van der Waals surface area contributed by atoms with E-state index in [9.17, 15) is 14.0 Å². The van der Waals surface area contributed by atoms with Crippen molar-refractivity contribution in [2.75, 3.05) is 23.7 Å². The van der Waals surface area contributed by atoms with E-state index in [2.05, 4.69) is 15.7 Å². The second kappa shape index (κ2) is 11.8. The van der Waals surface area contributed by atoms with Gasteiger partial charge in [0.25, 0.3) is 0 Å². The van der Waals surface area contributed by atoms with Crippen LogP contribution < -0.4 is 10.6 Å². The molecule has 1 heterocycles. The Hall–Kier alpha value is -3.10. The van der Waals surface area contributed by atoms with E-state index in [1.807, 2.05) is 27.7 Å². The molecule has 0 spiro atoms. The van der Waals surface area contributed by atoms with Crippen LogP contribution in [0.5, 0.6) is 0 Å². The van der Waals surface area contributed by atoms with Crippen LogP contribution in [0.1, 0.15) is 46.2 Å². The summed E-state index contributed by atoms with van der Waals surface area (Å²) in [5.41, 5.74) is 1.14. The number of aromatic nitrogens is 2.